The summed E-state index contributed by atoms with van der Waals surface area (Å²) in [7, 11) is 4.23. The second kappa shape index (κ2) is 8.04. The highest BCUT2D eigenvalue weighted by atomic mass is 15.1. The van der Waals surface area contributed by atoms with E-state index in [0.29, 0.717) is 0 Å². The Morgan fingerprint density at radius 1 is 1.11 bits per heavy atom. The molecular formula is C22H26N6. The molecule has 0 amide bonds. The first-order valence-electron chi connectivity index (χ1n) is 9.60. The second-order valence-electron chi connectivity index (χ2n) is 7.38. The number of nitrogens with one attached hydrogen (secondary N) is 2. The number of aryl methyl sites for hydroxylation is 1. The van der Waals surface area contributed by atoms with E-state index in [-0.39, 0.29) is 6.04 Å². The lowest BCUT2D eigenvalue weighted by atomic mass is 10.0. The highest BCUT2D eigenvalue weighted by Crippen LogP contribution is 2.27. The minimum absolute atomic E-state index is 0.253. The molecule has 3 aromatic rings. The molecular weight excluding hydrogens is 348 g/mol. The first kappa shape index (κ1) is 18.5. The highest BCUT2D eigenvalue weighted by molar-refractivity contribution is 5.59. The van der Waals surface area contributed by atoms with Crippen molar-refractivity contribution >= 4 is 5.82 Å². The van der Waals surface area contributed by atoms with Crippen molar-refractivity contribution in [3.63, 3.8) is 0 Å². The number of fused-ring (bicyclic) bond motifs is 1. The van der Waals surface area contributed by atoms with Gasteiger partial charge in [-0.2, -0.15) is 0 Å². The maximum Gasteiger partial charge on any atom is 0.163 e. The summed E-state index contributed by atoms with van der Waals surface area (Å²) in [6.07, 6.45) is 3.57. The summed E-state index contributed by atoms with van der Waals surface area (Å²) in [6, 6.07) is 12.7. The Kier molecular flexibility index (Phi) is 5.32. The van der Waals surface area contributed by atoms with Gasteiger partial charge < -0.3 is 15.5 Å². The summed E-state index contributed by atoms with van der Waals surface area (Å²) in [4.78, 5) is 16.1. The number of benzene rings is 1. The van der Waals surface area contributed by atoms with Crippen LogP contribution >= 0.6 is 0 Å². The van der Waals surface area contributed by atoms with Gasteiger partial charge in [0.15, 0.2) is 5.82 Å². The van der Waals surface area contributed by atoms with E-state index in [2.05, 4.69) is 65.8 Å². The van der Waals surface area contributed by atoms with Gasteiger partial charge in [-0.15, -0.1) is 0 Å². The minimum atomic E-state index is 0.253. The number of anilines is 1. The van der Waals surface area contributed by atoms with Crippen molar-refractivity contribution in [2.75, 3.05) is 26.0 Å². The number of pyridine rings is 1. The molecule has 6 nitrogen and oxygen atoms in total. The van der Waals surface area contributed by atoms with Gasteiger partial charge in [-0.1, -0.05) is 24.3 Å². The van der Waals surface area contributed by atoms with Crippen molar-refractivity contribution in [2.45, 2.75) is 26.1 Å². The maximum absolute atomic E-state index is 4.84. The molecule has 1 aromatic carbocycles. The summed E-state index contributed by atoms with van der Waals surface area (Å²) in [5.41, 5.74) is 5.79. The molecule has 1 atom stereocenters. The molecule has 0 fully saturated rings. The van der Waals surface area contributed by atoms with E-state index in [1.54, 1.807) is 6.20 Å². The summed E-state index contributed by atoms with van der Waals surface area (Å²) in [5.74, 6) is 1.63. The number of rotatable bonds is 6. The summed E-state index contributed by atoms with van der Waals surface area (Å²) in [6.45, 7) is 4.50. The zero-order chi connectivity index (χ0) is 19.5. The van der Waals surface area contributed by atoms with Crippen molar-refractivity contribution in [3.8, 4) is 11.4 Å². The fourth-order valence-electron chi connectivity index (χ4n) is 3.66. The van der Waals surface area contributed by atoms with Crippen LogP contribution in [0, 0.1) is 6.92 Å². The van der Waals surface area contributed by atoms with Crippen LogP contribution in [0.5, 0.6) is 0 Å². The van der Waals surface area contributed by atoms with Gasteiger partial charge in [0.2, 0.25) is 0 Å². The van der Waals surface area contributed by atoms with Gasteiger partial charge in [0, 0.05) is 43.2 Å². The molecule has 2 aromatic heterocycles. The maximum atomic E-state index is 4.84. The average molecular weight is 374 g/mol. The third kappa shape index (κ3) is 3.74. The normalized spacial score (nSPS) is 14.1. The Hall–Kier alpha value is -2.83. The van der Waals surface area contributed by atoms with Gasteiger partial charge in [0.05, 0.1) is 11.7 Å². The predicted molar refractivity (Wildman–Crippen MR) is 112 cm³/mol. The van der Waals surface area contributed by atoms with Gasteiger partial charge >= 0.3 is 0 Å². The largest absolute Gasteiger partial charge is 0.368 e. The van der Waals surface area contributed by atoms with Crippen LogP contribution in [0.4, 0.5) is 5.82 Å². The number of aromatic nitrogens is 3. The Morgan fingerprint density at radius 2 is 1.96 bits per heavy atom. The summed E-state index contributed by atoms with van der Waals surface area (Å²) >= 11 is 0. The third-order valence-corrected chi connectivity index (χ3v) is 5.24. The Balaban J connectivity index is 1.64. The standard InChI is InChI=1S/C22H26N6/c1-15-7-4-5-9-17(15)20(28(2)3)14-25-22-18-12-24-13-19(18)26-21(27-22)16-8-6-10-23-11-16/h4-11,20,24H,12-14H2,1-3H3,(H,25,26,27)/t20-/m1/s1. The molecule has 0 radical (unpaired) electrons. The molecule has 0 spiro atoms. The molecule has 0 unspecified atom stereocenters. The summed E-state index contributed by atoms with van der Waals surface area (Å²) < 4.78 is 0. The molecule has 0 aliphatic carbocycles. The van der Waals surface area contributed by atoms with Crippen molar-refractivity contribution < 1.29 is 0 Å². The lowest BCUT2D eigenvalue weighted by Crippen LogP contribution is -2.28. The van der Waals surface area contributed by atoms with Crippen molar-refractivity contribution in [2.24, 2.45) is 0 Å². The predicted octanol–water partition coefficient (Wildman–Crippen LogP) is 3.17. The lowest BCUT2D eigenvalue weighted by Gasteiger charge is -2.27. The van der Waals surface area contributed by atoms with Gasteiger partial charge in [-0.05, 0) is 44.3 Å². The van der Waals surface area contributed by atoms with Gasteiger partial charge in [0.25, 0.3) is 0 Å². The third-order valence-electron chi connectivity index (χ3n) is 5.24. The van der Waals surface area contributed by atoms with Gasteiger partial charge in [-0.3, -0.25) is 4.98 Å². The lowest BCUT2D eigenvalue weighted by molar-refractivity contribution is 0.310. The van der Waals surface area contributed by atoms with E-state index in [1.165, 1.54) is 11.1 Å². The molecule has 2 N–H and O–H groups in total. The van der Waals surface area contributed by atoms with E-state index >= 15 is 0 Å². The molecule has 0 saturated heterocycles. The van der Waals surface area contributed by atoms with Crippen molar-refractivity contribution in [1.82, 2.24) is 25.2 Å². The topological polar surface area (TPSA) is 66.0 Å². The smallest absolute Gasteiger partial charge is 0.163 e. The van der Waals surface area contributed by atoms with E-state index < -0.39 is 0 Å². The molecule has 0 bridgehead atoms. The van der Waals surface area contributed by atoms with E-state index in [9.17, 15) is 0 Å². The number of hydrogen-bond donors (Lipinski definition) is 2. The van der Waals surface area contributed by atoms with Crippen LogP contribution in [0.15, 0.2) is 48.8 Å². The van der Waals surface area contributed by atoms with Gasteiger partial charge in [0.1, 0.15) is 5.82 Å². The van der Waals surface area contributed by atoms with E-state index in [4.69, 9.17) is 9.97 Å². The van der Waals surface area contributed by atoms with Crippen molar-refractivity contribution in [1.29, 1.82) is 0 Å². The van der Waals surface area contributed by atoms with Crippen LogP contribution < -0.4 is 10.6 Å². The van der Waals surface area contributed by atoms with Gasteiger partial charge in [-0.25, -0.2) is 9.97 Å². The SMILES string of the molecule is Cc1ccccc1[C@@H](CNc1nc(-c2cccnc2)nc2c1CNC2)N(C)C. The molecule has 1 aliphatic rings. The summed E-state index contributed by atoms with van der Waals surface area (Å²) in [5, 5.41) is 7.00. The van der Waals surface area contributed by atoms with Crippen LogP contribution in [0.3, 0.4) is 0 Å². The molecule has 0 saturated carbocycles. The Labute approximate surface area is 166 Å². The molecule has 3 heterocycles. The Bertz CT molecular complexity index is 954. The van der Waals surface area contributed by atoms with Crippen LogP contribution in [-0.4, -0.2) is 40.5 Å². The van der Waals surface area contributed by atoms with E-state index in [1.807, 2.05) is 18.3 Å². The zero-order valence-corrected chi connectivity index (χ0v) is 16.6. The van der Waals surface area contributed by atoms with Crippen LogP contribution in [-0.2, 0) is 13.1 Å². The molecule has 4 rings (SSSR count). The van der Waals surface area contributed by atoms with Crippen molar-refractivity contribution in [3.05, 3.63) is 71.2 Å². The number of hydrogen-bond acceptors (Lipinski definition) is 6. The highest BCUT2D eigenvalue weighted by Gasteiger charge is 2.22. The molecule has 6 heteroatoms. The Morgan fingerprint density at radius 3 is 2.71 bits per heavy atom. The van der Waals surface area contributed by atoms with Crippen LogP contribution in [0.2, 0.25) is 0 Å². The van der Waals surface area contributed by atoms with Crippen LogP contribution in [0.1, 0.15) is 28.4 Å². The number of likely N-dealkylation sites (N-methyl/N-ethyl adjacent to an activating group) is 1. The molecule has 1 aliphatic heterocycles. The fraction of sp³-hybridized carbons (Fsp3) is 0.318. The zero-order valence-electron chi connectivity index (χ0n) is 16.6. The first-order chi connectivity index (χ1) is 13.6. The van der Waals surface area contributed by atoms with E-state index in [0.717, 1.165) is 48.1 Å². The molecule has 144 valence electrons. The first-order valence-corrected chi connectivity index (χ1v) is 9.60. The average Bonchev–Trinajstić information content (AvgIpc) is 3.18. The monoisotopic (exact) mass is 374 g/mol. The minimum Gasteiger partial charge on any atom is -0.368 e. The fourth-order valence-corrected chi connectivity index (χ4v) is 3.66. The number of nitrogens with zero attached hydrogens (tertiary/aromatic N) is 4. The van der Waals surface area contributed by atoms with Crippen LogP contribution in [0.25, 0.3) is 11.4 Å². The second-order valence-corrected chi connectivity index (χ2v) is 7.38. The quantitative estimate of drug-likeness (QED) is 0.691. The molecule has 28 heavy (non-hydrogen) atoms.